The van der Waals surface area contributed by atoms with Gasteiger partial charge in [-0.15, -0.1) is 0 Å². The predicted octanol–water partition coefficient (Wildman–Crippen LogP) is 4.61. The highest BCUT2D eigenvalue weighted by atomic mass is 79.9. The van der Waals surface area contributed by atoms with Crippen LogP contribution in [0.3, 0.4) is 0 Å². The average Bonchev–Trinajstić information content (AvgIpc) is 2.34. The Labute approximate surface area is 115 Å². The maximum atomic E-state index is 13.7. The lowest BCUT2D eigenvalue weighted by Crippen LogP contribution is -2.02. The quantitative estimate of drug-likeness (QED) is 0.876. The van der Waals surface area contributed by atoms with Crippen LogP contribution in [0, 0.1) is 12.7 Å². The molecule has 0 saturated heterocycles. The Morgan fingerprint density at radius 2 is 2.00 bits per heavy atom. The van der Waals surface area contributed by atoms with E-state index in [1.54, 1.807) is 0 Å². The van der Waals surface area contributed by atoms with Crippen molar-refractivity contribution >= 4 is 32.7 Å². The molecule has 0 aliphatic heterocycles. The molecule has 0 fully saturated rings. The van der Waals surface area contributed by atoms with Gasteiger partial charge in [0.1, 0.15) is 11.6 Å². The Balaban J connectivity index is 2.87. The van der Waals surface area contributed by atoms with Gasteiger partial charge in [-0.2, -0.15) is 0 Å². The minimum atomic E-state index is -0.242. The Morgan fingerprint density at radius 1 is 1.33 bits per heavy atom. The first-order valence-electron chi connectivity index (χ1n) is 5.92. The first-order valence-corrected chi connectivity index (χ1v) is 6.72. The van der Waals surface area contributed by atoms with E-state index in [2.05, 4.69) is 40.1 Å². The minimum Gasteiger partial charge on any atom is -0.373 e. The van der Waals surface area contributed by atoms with Crippen molar-refractivity contribution in [3.8, 4) is 0 Å². The normalized spacial score (nSPS) is 11.3. The Morgan fingerprint density at radius 3 is 2.56 bits per heavy atom. The molecule has 0 aliphatic rings. The van der Waals surface area contributed by atoms with Crippen LogP contribution in [0.15, 0.2) is 16.6 Å². The molecule has 18 heavy (non-hydrogen) atoms. The molecular formula is C14H16BrFN2. The number of halogens is 2. The van der Waals surface area contributed by atoms with Gasteiger partial charge in [0.25, 0.3) is 0 Å². The molecule has 0 aliphatic carbocycles. The number of aromatic nitrogens is 1. The highest BCUT2D eigenvalue weighted by Crippen LogP contribution is 2.33. The third kappa shape index (κ3) is 2.09. The number of anilines is 1. The molecule has 1 heterocycles. The van der Waals surface area contributed by atoms with E-state index in [-0.39, 0.29) is 5.82 Å². The SMILES string of the molecule is CNc1nc2c(C)cc(F)c(Br)c2cc1C(C)C. The molecular weight excluding hydrogens is 295 g/mol. The van der Waals surface area contributed by atoms with Gasteiger partial charge in [0, 0.05) is 12.4 Å². The molecule has 2 aromatic rings. The largest absolute Gasteiger partial charge is 0.373 e. The summed E-state index contributed by atoms with van der Waals surface area (Å²) >= 11 is 3.31. The molecule has 0 atom stereocenters. The van der Waals surface area contributed by atoms with Crippen LogP contribution in [0.4, 0.5) is 10.2 Å². The summed E-state index contributed by atoms with van der Waals surface area (Å²) < 4.78 is 14.2. The number of fused-ring (bicyclic) bond motifs is 1. The molecule has 1 aromatic carbocycles. The number of benzene rings is 1. The van der Waals surface area contributed by atoms with Crippen molar-refractivity contribution in [2.75, 3.05) is 12.4 Å². The molecule has 1 N–H and O–H groups in total. The summed E-state index contributed by atoms with van der Waals surface area (Å²) in [6.07, 6.45) is 0. The van der Waals surface area contributed by atoms with E-state index in [0.717, 1.165) is 27.8 Å². The molecule has 0 spiro atoms. The average molecular weight is 311 g/mol. The minimum absolute atomic E-state index is 0.242. The van der Waals surface area contributed by atoms with Gasteiger partial charge in [-0.05, 0) is 52.0 Å². The fourth-order valence-electron chi connectivity index (χ4n) is 2.09. The number of aryl methyl sites for hydroxylation is 1. The second-order valence-electron chi connectivity index (χ2n) is 4.72. The van der Waals surface area contributed by atoms with Crippen LogP contribution in [0.1, 0.15) is 30.9 Å². The topological polar surface area (TPSA) is 24.9 Å². The van der Waals surface area contributed by atoms with E-state index >= 15 is 0 Å². The molecule has 0 amide bonds. The Hall–Kier alpha value is -1.16. The molecule has 0 radical (unpaired) electrons. The third-order valence-corrected chi connectivity index (χ3v) is 3.88. The second kappa shape index (κ2) is 4.84. The van der Waals surface area contributed by atoms with Crippen molar-refractivity contribution < 1.29 is 4.39 Å². The maximum absolute atomic E-state index is 13.7. The number of hydrogen-bond donors (Lipinski definition) is 1. The summed E-state index contributed by atoms with van der Waals surface area (Å²) in [6, 6.07) is 3.52. The summed E-state index contributed by atoms with van der Waals surface area (Å²) in [5.74, 6) is 0.952. The van der Waals surface area contributed by atoms with Gasteiger partial charge in [-0.25, -0.2) is 9.37 Å². The number of rotatable bonds is 2. The molecule has 1 aromatic heterocycles. The molecule has 2 nitrogen and oxygen atoms in total. The highest BCUT2D eigenvalue weighted by molar-refractivity contribution is 9.10. The lowest BCUT2D eigenvalue weighted by atomic mass is 10.0. The monoisotopic (exact) mass is 310 g/mol. The zero-order valence-electron chi connectivity index (χ0n) is 10.9. The lowest BCUT2D eigenvalue weighted by Gasteiger charge is -2.15. The van der Waals surface area contributed by atoms with Crippen LogP contribution >= 0.6 is 15.9 Å². The van der Waals surface area contributed by atoms with Gasteiger partial charge in [-0.1, -0.05) is 13.8 Å². The van der Waals surface area contributed by atoms with Crippen LogP contribution in [0.25, 0.3) is 10.9 Å². The summed E-state index contributed by atoms with van der Waals surface area (Å²) in [5, 5.41) is 3.94. The van der Waals surface area contributed by atoms with Crippen molar-refractivity contribution in [2.45, 2.75) is 26.7 Å². The fourth-order valence-corrected chi connectivity index (χ4v) is 2.50. The van der Waals surface area contributed by atoms with Crippen LogP contribution in [-0.4, -0.2) is 12.0 Å². The molecule has 0 bridgehead atoms. The predicted molar refractivity (Wildman–Crippen MR) is 77.8 cm³/mol. The number of pyridine rings is 1. The van der Waals surface area contributed by atoms with E-state index in [0.29, 0.717) is 10.4 Å². The van der Waals surface area contributed by atoms with Crippen molar-refractivity contribution in [3.05, 3.63) is 33.5 Å². The van der Waals surface area contributed by atoms with Crippen molar-refractivity contribution in [3.63, 3.8) is 0 Å². The van der Waals surface area contributed by atoms with Crippen molar-refractivity contribution in [1.29, 1.82) is 0 Å². The van der Waals surface area contributed by atoms with Gasteiger partial charge in [0.15, 0.2) is 0 Å². The first-order chi connectivity index (χ1) is 8.45. The number of hydrogen-bond acceptors (Lipinski definition) is 2. The van der Waals surface area contributed by atoms with E-state index in [4.69, 9.17) is 0 Å². The molecule has 0 unspecified atom stereocenters. The maximum Gasteiger partial charge on any atom is 0.138 e. The summed E-state index contributed by atoms with van der Waals surface area (Å²) in [5.41, 5.74) is 2.77. The molecule has 0 saturated carbocycles. The van der Waals surface area contributed by atoms with E-state index in [9.17, 15) is 4.39 Å². The van der Waals surface area contributed by atoms with E-state index in [1.807, 2.05) is 20.0 Å². The summed E-state index contributed by atoms with van der Waals surface area (Å²) in [4.78, 5) is 4.61. The molecule has 96 valence electrons. The lowest BCUT2D eigenvalue weighted by molar-refractivity contribution is 0.622. The van der Waals surface area contributed by atoms with Crippen LogP contribution < -0.4 is 5.32 Å². The zero-order chi connectivity index (χ0) is 13.4. The third-order valence-electron chi connectivity index (χ3n) is 3.07. The van der Waals surface area contributed by atoms with Crippen LogP contribution in [0.5, 0.6) is 0 Å². The zero-order valence-corrected chi connectivity index (χ0v) is 12.5. The van der Waals surface area contributed by atoms with Gasteiger partial charge in [-0.3, -0.25) is 0 Å². The summed E-state index contributed by atoms with van der Waals surface area (Å²) in [7, 11) is 1.86. The van der Waals surface area contributed by atoms with Gasteiger partial charge < -0.3 is 5.32 Å². The summed E-state index contributed by atoms with van der Waals surface area (Å²) in [6.45, 7) is 6.08. The second-order valence-corrected chi connectivity index (χ2v) is 5.51. The Bertz CT molecular complexity index is 609. The van der Waals surface area contributed by atoms with Crippen molar-refractivity contribution in [2.24, 2.45) is 0 Å². The van der Waals surface area contributed by atoms with Gasteiger partial charge in [0.05, 0.1) is 9.99 Å². The standard InChI is InChI=1S/C14H16BrFN2/c1-7(2)9-6-10-12(15)11(16)5-8(3)13(10)18-14(9)17-4/h5-7H,1-4H3,(H,17,18). The number of nitrogens with zero attached hydrogens (tertiary/aromatic N) is 1. The Kier molecular flexibility index (Phi) is 3.57. The van der Waals surface area contributed by atoms with Crippen LogP contribution in [0.2, 0.25) is 0 Å². The van der Waals surface area contributed by atoms with Gasteiger partial charge >= 0.3 is 0 Å². The van der Waals surface area contributed by atoms with Crippen molar-refractivity contribution in [1.82, 2.24) is 4.98 Å². The first kappa shape index (κ1) is 13.3. The molecule has 4 heteroatoms. The smallest absolute Gasteiger partial charge is 0.138 e. The molecule has 2 rings (SSSR count). The fraction of sp³-hybridized carbons (Fsp3) is 0.357. The van der Waals surface area contributed by atoms with Crippen LogP contribution in [-0.2, 0) is 0 Å². The van der Waals surface area contributed by atoms with E-state index < -0.39 is 0 Å². The highest BCUT2D eigenvalue weighted by Gasteiger charge is 2.14. The van der Waals surface area contributed by atoms with Gasteiger partial charge in [0.2, 0.25) is 0 Å². The number of nitrogens with one attached hydrogen (secondary N) is 1. The van der Waals surface area contributed by atoms with E-state index in [1.165, 1.54) is 6.07 Å².